The molecule has 2 amide bonds. The molecule has 0 saturated carbocycles. The minimum atomic E-state index is -0.964. The Hall–Kier alpha value is -4.79. The Bertz CT molecular complexity index is 1400. The number of nitrogens with one attached hydrogen (secondary N) is 1. The highest BCUT2D eigenvalue weighted by atomic mass is 16.5. The van der Waals surface area contributed by atoms with E-state index in [2.05, 4.69) is 5.32 Å². The second-order valence-corrected chi connectivity index (χ2v) is 8.24. The number of ketones is 1. The standard InChI is InChI=1S/C28H26N2O7/c1-16(31)29-18-8-10-19(11-9-18)30-25(17-6-5-7-20(14-17)35-2)24(27(33)28(30)34)26(32)22-13-12-21(36-3)15-23(22)37-4/h5-15,25,32H,1-4H3,(H,29,31)/b26-24-. The maximum Gasteiger partial charge on any atom is 0.300 e. The van der Waals surface area contributed by atoms with E-state index in [1.165, 1.54) is 33.2 Å². The molecule has 1 saturated heterocycles. The van der Waals surface area contributed by atoms with Crippen LogP contribution in [0.2, 0.25) is 0 Å². The van der Waals surface area contributed by atoms with Crippen LogP contribution in [-0.4, -0.2) is 44.0 Å². The number of anilines is 2. The lowest BCUT2D eigenvalue weighted by molar-refractivity contribution is -0.132. The van der Waals surface area contributed by atoms with Gasteiger partial charge in [-0.3, -0.25) is 19.3 Å². The fourth-order valence-corrected chi connectivity index (χ4v) is 4.27. The third-order valence-electron chi connectivity index (χ3n) is 5.98. The number of nitrogens with zero attached hydrogens (tertiary/aromatic N) is 1. The number of methoxy groups -OCH3 is 3. The third-order valence-corrected chi connectivity index (χ3v) is 5.98. The third kappa shape index (κ3) is 4.84. The SMILES string of the molecule is COc1cccc(C2/C(=C(/O)c3ccc(OC)cc3OC)C(=O)C(=O)N2c2ccc(NC(C)=O)cc2)c1. The summed E-state index contributed by atoms with van der Waals surface area (Å²) in [7, 11) is 4.44. The zero-order valence-electron chi connectivity index (χ0n) is 20.8. The highest BCUT2D eigenvalue weighted by molar-refractivity contribution is 6.51. The quantitative estimate of drug-likeness (QED) is 0.281. The highest BCUT2D eigenvalue weighted by Crippen LogP contribution is 2.44. The van der Waals surface area contributed by atoms with Crippen LogP contribution in [0.25, 0.3) is 5.76 Å². The van der Waals surface area contributed by atoms with Gasteiger partial charge in [-0.05, 0) is 54.1 Å². The average Bonchev–Trinajstić information content (AvgIpc) is 3.18. The number of amides is 2. The number of ether oxygens (including phenoxy) is 3. The Morgan fingerprint density at radius 1 is 0.892 bits per heavy atom. The number of hydrogen-bond acceptors (Lipinski definition) is 7. The second-order valence-electron chi connectivity index (χ2n) is 8.24. The molecule has 0 aliphatic carbocycles. The van der Waals surface area contributed by atoms with Crippen LogP contribution in [0.15, 0.2) is 72.3 Å². The summed E-state index contributed by atoms with van der Waals surface area (Å²) in [6.45, 7) is 1.39. The normalized spacial score (nSPS) is 16.4. The lowest BCUT2D eigenvalue weighted by atomic mass is 9.94. The summed E-state index contributed by atoms with van der Waals surface area (Å²) < 4.78 is 16.0. The van der Waals surface area contributed by atoms with E-state index in [1.807, 2.05) is 0 Å². The molecule has 1 aliphatic heterocycles. The van der Waals surface area contributed by atoms with Crippen molar-refractivity contribution >= 4 is 34.7 Å². The van der Waals surface area contributed by atoms with Gasteiger partial charge >= 0.3 is 0 Å². The number of aliphatic hydroxyl groups excluding tert-OH is 1. The summed E-state index contributed by atoms with van der Waals surface area (Å²) >= 11 is 0. The number of aliphatic hydroxyl groups is 1. The molecule has 0 spiro atoms. The summed E-state index contributed by atoms with van der Waals surface area (Å²) in [6, 6.07) is 17.2. The van der Waals surface area contributed by atoms with E-state index in [0.29, 0.717) is 28.4 Å². The lowest BCUT2D eigenvalue weighted by Crippen LogP contribution is -2.29. The van der Waals surface area contributed by atoms with Gasteiger partial charge in [0.25, 0.3) is 11.7 Å². The minimum Gasteiger partial charge on any atom is -0.507 e. The summed E-state index contributed by atoms with van der Waals surface area (Å²) in [5, 5.41) is 14.1. The fourth-order valence-electron chi connectivity index (χ4n) is 4.27. The van der Waals surface area contributed by atoms with Gasteiger partial charge in [-0.15, -0.1) is 0 Å². The van der Waals surface area contributed by atoms with E-state index in [-0.39, 0.29) is 28.6 Å². The molecule has 2 N–H and O–H groups in total. The van der Waals surface area contributed by atoms with Gasteiger partial charge in [0, 0.05) is 24.4 Å². The zero-order chi connectivity index (χ0) is 26.7. The van der Waals surface area contributed by atoms with Gasteiger partial charge in [0.1, 0.15) is 23.0 Å². The molecule has 1 fully saturated rings. The maximum atomic E-state index is 13.4. The molecule has 9 heteroatoms. The van der Waals surface area contributed by atoms with Crippen LogP contribution in [0.5, 0.6) is 17.2 Å². The predicted molar refractivity (Wildman–Crippen MR) is 138 cm³/mol. The van der Waals surface area contributed by atoms with Gasteiger partial charge in [-0.1, -0.05) is 12.1 Å². The largest absolute Gasteiger partial charge is 0.507 e. The molecular weight excluding hydrogens is 476 g/mol. The monoisotopic (exact) mass is 502 g/mol. The molecule has 9 nitrogen and oxygen atoms in total. The molecular formula is C28H26N2O7. The van der Waals surface area contributed by atoms with Crippen molar-refractivity contribution in [3.8, 4) is 17.2 Å². The first-order valence-electron chi connectivity index (χ1n) is 11.3. The smallest absolute Gasteiger partial charge is 0.300 e. The number of carbonyl (C=O) groups excluding carboxylic acids is 3. The van der Waals surface area contributed by atoms with Crippen molar-refractivity contribution in [2.45, 2.75) is 13.0 Å². The van der Waals surface area contributed by atoms with Crippen LogP contribution in [0.3, 0.4) is 0 Å². The van der Waals surface area contributed by atoms with Crippen molar-refractivity contribution in [1.29, 1.82) is 0 Å². The van der Waals surface area contributed by atoms with Crippen molar-refractivity contribution in [3.05, 3.63) is 83.4 Å². The van der Waals surface area contributed by atoms with Gasteiger partial charge in [-0.2, -0.15) is 0 Å². The molecule has 1 heterocycles. The molecule has 0 bridgehead atoms. The summed E-state index contributed by atoms with van der Waals surface area (Å²) in [4.78, 5) is 39.5. The summed E-state index contributed by atoms with van der Waals surface area (Å²) in [6.07, 6.45) is 0. The maximum absolute atomic E-state index is 13.4. The molecule has 1 atom stereocenters. The molecule has 0 radical (unpaired) electrons. The average molecular weight is 503 g/mol. The van der Waals surface area contributed by atoms with Crippen LogP contribution in [-0.2, 0) is 14.4 Å². The molecule has 1 unspecified atom stereocenters. The van der Waals surface area contributed by atoms with E-state index in [1.54, 1.807) is 66.7 Å². The predicted octanol–water partition coefficient (Wildman–Crippen LogP) is 4.30. The van der Waals surface area contributed by atoms with E-state index in [4.69, 9.17) is 14.2 Å². The van der Waals surface area contributed by atoms with E-state index in [9.17, 15) is 19.5 Å². The molecule has 37 heavy (non-hydrogen) atoms. The Labute approximate surface area is 213 Å². The van der Waals surface area contributed by atoms with Gasteiger partial charge in [-0.25, -0.2) is 0 Å². The Kier molecular flexibility index (Phi) is 7.15. The van der Waals surface area contributed by atoms with Crippen LogP contribution in [0.1, 0.15) is 24.1 Å². The van der Waals surface area contributed by atoms with Crippen molar-refractivity contribution in [3.63, 3.8) is 0 Å². The first-order chi connectivity index (χ1) is 17.8. The van der Waals surface area contributed by atoms with Crippen LogP contribution < -0.4 is 24.4 Å². The highest BCUT2D eigenvalue weighted by Gasteiger charge is 2.47. The Morgan fingerprint density at radius 2 is 1.57 bits per heavy atom. The van der Waals surface area contributed by atoms with E-state index in [0.717, 1.165) is 0 Å². The summed E-state index contributed by atoms with van der Waals surface area (Å²) in [5.74, 6) is -1.00. The van der Waals surface area contributed by atoms with E-state index < -0.39 is 17.7 Å². The summed E-state index contributed by atoms with van der Waals surface area (Å²) in [5.41, 5.74) is 1.62. The van der Waals surface area contributed by atoms with Gasteiger partial charge < -0.3 is 24.6 Å². The molecule has 3 aromatic rings. The topological polar surface area (TPSA) is 114 Å². The van der Waals surface area contributed by atoms with E-state index >= 15 is 0 Å². The first kappa shape index (κ1) is 25.3. The van der Waals surface area contributed by atoms with Gasteiger partial charge in [0.05, 0.1) is 38.5 Å². The molecule has 190 valence electrons. The number of Topliss-reactive ketones (excluding diaryl/α,β-unsaturated/α-hetero) is 1. The second kappa shape index (κ2) is 10.4. The van der Waals surface area contributed by atoms with Crippen LogP contribution >= 0.6 is 0 Å². The molecule has 3 aromatic carbocycles. The number of hydrogen-bond donors (Lipinski definition) is 2. The minimum absolute atomic E-state index is 0.104. The van der Waals surface area contributed by atoms with Gasteiger partial charge in [0.15, 0.2) is 0 Å². The van der Waals surface area contributed by atoms with Gasteiger partial charge in [0.2, 0.25) is 5.91 Å². The molecule has 1 aliphatic rings. The molecule has 4 rings (SSSR count). The molecule has 0 aromatic heterocycles. The Morgan fingerprint density at radius 3 is 2.19 bits per heavy atom. The van der Waals surface area contributed by atoms with Crippen molar-refractivity contribution in [2.75, 3.05) is 31.5 Å². The lowest BCUT2D eigenvalue weighted by Gasteiger charge is -2.26. The van der Waals surface area contributed by atoms with Crippen LogP contribution in [0.4, 0.5) is 11.4 Å². The van der Waals surface area contributed by atoms with Crippen molar-refractivity contribution in [1.82, 2.24) is 0 Å². The number of carbonyl (C=O) groups is 3. The zero-order valence-corrected chi connectivity index (χ0v) is 20.8. The van der Waals surface area contributed by atoms with Crippen LogP contribution in [0, 0.1) is 0 Å². The van der Waals surface area contributed by atoms with Crippen molar-refractivity contribution < 1.29 is 33.7 Å². The number of benzene rings is 3. The first-order valence-corrected chi connectivity index (χ1v) is 11.3. The Balaban J connectivity index is 1.92. The number of rotatable bonds is 7. The van der Waals surface area contributed by atoms with Crippen molar-refractivity contribution in [2.24, 2.45) is 0 Å². The fraction of sp³-hybridized carbons (Fsp3) is 0.179.